The minimum Gasteiger partial charge on any atom is -0.486 e. The van der Waals surface area contributed by atoms with E-state index in [2.05, 4.69) is 4.98 Å². The molecule has 1 aliphatic rings. The number of fused-ring (bicyclic) bond motifs is 1. The molecule has 18 heavy (non-hydrogen) atoms. The molecule has 0 atom stereocenters. The van der Waals surface area contributed by atoms with Crippen LogP contribution in [0.2, 0.25) is 0 Å². The molecule has 0 saturated carbocycles. The Morgan fingerprint density at radius 2 is 2.06 bits per heavy atom. The lowest BCUT2D eigenvalue weighted by Crippen LogP contribution is -2.16. The first-order chi connectivity index (χ1) is 8.74. The zero-order chi connectivity index (χ0) is 12.5. The van der Waals surface area contributed by atoms with Gasteiger partial charge in [0.15, 0.2) is 11.5 Å². The second-order valence-corrected chi connectivity index (χ2v) is 4.11. The van der Waals surface area contributed by atoms with Gasteiger partial charge in [0.2, 0.25) is 5.78 Å². The van der Waals surface area contributed by atoms with Gasteiger partial charge in [0.05, 0.1) is 6.33 Å². The standard InChI is InChI=1S/C13H12N2O3/c1-15-7-10(14-8-15)13(16)9-2-3-11-12(6-9)18-5-4-17-11/h2-3,6-8H,4-5H2,1H3. The van der Waals surface area contributed by atoms with E-state index in [0.717, 1.165) is 0 Å². The van der Waals surface area contributed by atoms with E-state index in [9.17, 15) is 4.79 Å². The van der Waals surface area contributed by atoms with Gasteiger partial charge in [0.25, 0.3) is 0 Å². The van der Waals surface area contributed by atoms with Crippen LogP contribution < -0.4 is 9.47 Å². The van der Waals surface area contributed by atoms with E-state index in [-0.39, 0.29) is 5.78 Å². The fourth-order valence-corrected chi connectivity index (χ4v) is 1.86. The molecule has 0 saturated heterocycles. The third-order valence-electron chi connectivity index (χ3n) is 2.74. The van der Waals surface area contributed by atoms with Gasteiger partial charge in [-0.25, -0.2) is 4.98 Å². The van der Waals surface area contributed by atoms with Gasteiger partial charge in [-0.2, -0.15) is 0 Å². The Bertz CT molecular complexity index is 604. The van der Waals surface area contributed by atoms with Gasteiger partial charge in [0.1, 0.15) is 18.9 Å². The number of ketones is 1. The summed E-state index contributed by atoms with van der Waals surface area (Å²) in [5.74, 6) is 1.18. The number of imidazole rings is 1. The second-order valence-electron chi connectivity index (χ2n) is 4.11. The van der Waals surface area contributed by atoms with Crippen molar-refractivity contribution in [2.45, 2.75) is 0 Å². The fourth-order valence-electron chi connectivity index (χ4n) is 1.86. The minimum absolute atomic E-state index is 0.118. The number of rotatable bonds is 2. The molecular weight excluding hydrogens is 232 g/mol. The Balaban J connectivity index is 1.95. The van der Waals surface area contributed by atoms with Crippen LogP contribution in [-0.2, 0) is 7.05 Å². The molecule has 5 nitrogen and oxygen atoms in total. The highest BCUT2D eigenvalue weighted by atomic mass is 16.6. The predicted octanol–water partition coefficient (Wildman–Crippen LogP) is 1.42. The molecular formula is C13H12N2O3. The first-order valence-electron chi connectivity index (χ1n) is 5.66. The van der Waals surface area contributed by atoms with Crippen LogP contribution in [0, 0.1) is 0 Å². The number of carbonyl (C=O) groups excluding carboxylic acids is 1. The summed E-state index contributed by atoms with van der Waals surface area (Å²) in [6, 6.07) is 5.18. The van der Waals surface area contributed by atoms with Crippen molar-refractivity contribution in [2.24, 2.45) is 7.05 Å². The lowest BCUT2D eigenvalue weighted by molar-refractivity contribution is 0.103. The third-order valence-corrected chi connectivity index (χ3v) is 2.74. The zero-order valence-corrected chi connectivity index (χ0v) is 9.92. The molecule has 0 unspecified atom stereocenters. The maximum atomic E-state index is 12.2. The summed E-state index contributed by atoms with van der Waals surface area (Å²) in [5, 5.41) is 0. The number of carbonyl (C=O) groups is 1. The first-order valence-corrected chi connectivity index (χ1v) is 5.66. The van der Waals surface area contributed by atoms with Crippen molar-refractivity contribution in [1.82, 2.24) is 9.55 Å². The summed E-state index contributed by atoms with van der Waals surface area (Å²) < 4.78 is 12.6. The number of hydrogen-bond donors (Lipinski definition) is 0. The SMILES string of the molecule is Cn1cnc(C(=O)c2ccc3c(c2)OCCO3)c1. The van der Waals surface area contributed by atoms with Gasteiger partial charge in [-0.1, -0.05) is 0 Å². The summed E-state index contributed by atoms with van der Waals surface area (Å²) in [4.78, 5) is 16.2. The molecule has 0 amide bonds. The van der Waals surface area contributed by atoms with Gasteiger partial charge in [-0.3, -0.25) is 4.79 Å². The zero-order valence-electron chi connectivity index (χ0n) is 9.92. The van der Waals surface area contributed by atoms with Gasteiger partial charge in [-0.15, -0.1) is 0 Å². The van der Waals surface area contributed by atoms with Crippen LogP contribution in [0.15, 0.2) is 30.7 Å². The van der Waals surface area contributed by atoms with E-state index < -0.39 is 0 Å². The smallest absolute Gasteiger partial charge is 0.213 e. The molecule has 92 valence electrons. The Hall–Kier alpha value is -2.30. The van der Waals surface area contributed by atoms with E-state index in [1.165, 1.54) is 0 Å². The van der Waals surface area contributed by atoms with Crippen LogP contribution in [0.1, 0.15) is 16.1 Å². The van der Waals surface area contributed by atoms with Crippen LogP contribution in [0.3, 0.4) is 0 Å². The summed E-state index contributed by atoms with van der Waals surface area (Å²) in [6.45, 7) is 1.05. The van der Waals surface area contributed by atoms with Crippen molar-refractivity contribution in [3.63, 3.8) is 0 Å². The van der Waals surface area contributed by atoms with E-state index in [4.69, 9.17) is 9.47 Å². The van der Waals surface area contributed by atoms with Gasteiger partial charge < -0.3 is 14.0 Å². The highest BCUT2D eigenvalue weighted by Gasteiger charge is 2.17. The van der Waals surface area contributed by atoms with Crippen molar-refractivity contribution in [2.75, 3.05) is 13.2 Å². The van der Waals surface area contributed by atoms with Crippen molar-refractivity contribution in [3.8, 4) is 11.5 Å². The number of aromatic nitrogens is 2. The van der Waals surface area contributed by atoms with Gasteiger partial charge in [-0.05, 0) is 18.2 Å². The van der Waals surface area contributed by atoms with Crippen LogP contribution in [0.25, 0.3) is 0 Å². The van der Waals surface area contributed by atoms with Gasteiger partial charge >= 0.3 is 0 Å². The molecule has 0 aliphatic carbocycles. The lowest BCUT2D eigenvalue weighted by atomic mass is 10.1. The van der Waals surface area contributed by atoms with Crippen LogP contribution in [0.4, 0.5) is 0 Å². The highest BCUT2D eigenvalue weighted by molar-refractivity contribution is 6.07. The first kappa shape index (κ1) is 10.8. The van der Waals surface area contributed by atoms with Crippen molar-refractivity contribution >= 4 is 5.78 Å². The summed E-state index contributed by atoms with van der Waals surface area (Å²) >= 11 is 0. The summed E-state index contributed by atoms with van der Waals surface area (Å²) in [7, 11) is 1.83. The quantitative estimate of drug-likeness (QED) is 0.750. The van der Waals surface area contributed by atoms with Crippen LogP contribution in [0.5, 0.6) is 11.5 Å². The van der Waals surface area contributed by atoms with Gasteiger partial charge in [0, 0.05) is 18.8 Å². The normalized spacial score (nSPS) is 13.4. The number of aryl methyl sites for hydroxylation is 1. The van der Waals surface area contributed by atoms with Crippen molar-refractivity contribution in [1.29, 1.82) is 0 Å². The molecule has 1 aromatic heterocycles. The maximum Gasteiger partial charge on any atom is 0.213 e. The van der Waals surface area contributed by atoms with Crippen LogP contribution >= 0.6 is 0 Å². The Morgan fingerprint density at radius 1 is 1.28 bits per heavy atom. The average Bonchev–Trinajstić information content (AvgIpc) is 2.84. The Kier molecular flexibility index (Phi) is 2.51. The highest BCUT2D eigenvalue weighted by Crippen LogP contribution is 2.31. The molecule has 2 heterocycles. The third kappa shape index (κ3) is 1.84. The Labute approximate surface area is 104 Å². The van der Waals surface area contributed by atoms with Crippen molar-refractivity contribution < 1.29 is 14.3 Å². The Morgan fingerprint density at radius 3 is 2.78 bits per heavy atom. The molecule has 5 heteroatoms. The fraction of sp³-hybridized carbons (Fsp3) is 0.231. The molecule has 1 aliphatic heterocycles. The molecule has 0 radical (unpaired) electrons. The molecule has 0 N–H and O–H groups in total. The summed E-state index contributed by atoms with van der Waals surface area (Å²) in [6.07, 6.45) is 3.30. The molecule has 1 aromatic carbocycles. The van der Waals surface area contributed by atoms with E-state index in [0.29, 0.717) is 36.0 Å². The largest absolute Gasteiger partial charge is 0.486 e. The topological polar surface area (TPSA) is 53.4 Å². The molecule has 0 bridgehead atoms. The number of nitrogens with zero attached hydrogens (tertiary/aromatic N) is 2. The lowest BCUT2D eigenvalue weighted by Gasteiger charge is -2.18. The second kappa shape index (κ2) is 4.18. The van der Waals surface area contributed by atoms with E-state index in [1.807, 2.05) is 7.05 Å². The molecule has 0 spiro atoms. The number of ether oxygens (including phenoxy) is 2. The average molecular weight is 244 g/mol. The monoisotopic (exact) mass is 244 g/mol. The molecule has 0 fully saturated rings. The number of benzene rings is 1. The van der Waals surface area contributed by atoms with E-state index >= 15 is 0 Å². The molecule has 2 aromatic rings. The van der Waals surface area contributed by atoms with Crippen molar-refractivity contribution in [3.05, 3.63) is 42.0 Å². The minimum atomic E-state index is -0.118. The number of hydrogen-bond acceptors (Lipinski definition) is 4. The molecule has 3 rings (SSSR count). The van der Waals surface area contributed by atoms with Crippen LogP contribution in [-0.4, -0.2) is 28.5 Å². The maximum absolute atomic E-state index is 12.2. The predicted molar refractivity (Wildman–Crippen MR) is 64.1 cm³/mol. The van der Waals surface area contributed by atoms with E-state index in [1.54, 1.807) is 35.3 Å². The summed E-state index contributed by atoms with van der Waals surface area (Å²) in [5.41, 5.74) is 0.979.